The van der Waals surface area contributed by atoms with Gasteiger partial charge in [-0.25, -0.2) is 0 Å². The van der Waals surface area contributed by atoms with Crippen molar-refractivity contribution in [2.75, 3.05) is 4.90 Å². The summed E-state index contributed by atoms with van der Waals surface area (Å²) in [6.07, 6.45) is 13.7. The predicted molar refractivity (Wildman–Crippen MR) is 263 cm³/mol. The van der Waals surface area contributed by atoms with Crippen LogP contribution in [0, 0.1) is 5.92 Å². The number of hydrogen-bond acceptors (Lipinski definition) is 1. The topological polar surface area (TPSA) is 8.17 Å². The fourth-order valence-corrected chi connectivity index (χ4v) is 9.75. The highest BCUT2D eigenvalue weighted by Crippen LogP contribution is 2.47. The smallest absolute Gasteiger partial charge is 0.0629 e. The molecule has 12 rings (SSSR count). The third-order valence-electron chi connectivity index (χ3n) is 12.6. The fourth-order valence-electron chi connectivity index (χ4n) is 9.75. The Morgan fingerprint density at radius 3 is 1.94 bits per heavy atom. The lowest BCUT2D eigenvalue weighted by Crippen LogP contribution is -2.14. The maximum absolute atomic E-state index is 8.66. The van der Waals surface area contributed by atoms with Gasteiger partial charge in [-0.1, -0.05) is 188 Å². The standard InChI is InChI=1S/C60H42N2/c1-3-14-41(15-4-1)43-28-34-48(35-29-43)61(49-36-30-44(31-37-49)42-16-5-2-6-17-42)57-27-13-24-53-50(23-12-25-54(53)57)47-33-38-58-55(40-47)60-52-22-10-8-19-46(52)32-39-59(60)62(58)56-26-11-20-45-18-7-9-21-51(45)56/h1-40,46,52H/i1D,3D,4D,14D,15D. The van der Waals surface area contributed by atoms with Crippen molar-refractivity contribution in [1.29, 1.82) is 0 Å². The van der Waals surface area contributed by atoms with E-state index in [1.807, 2.05) is 42.5 Å². The molecule has 10 aromatic rings. The van der Waals surface area contributed by atoms with Gasteiger partial charge in [0.1, 0.15) is 0 Å². The Hall–Kier alpha value is -7.94. The summed E-state index contributed by atoms with van der Waals surface area (Å²) in [6.45, 7) is 0. The number of fused-ring (bicyclic) bond motifs is 7. The third kappa shape index (κ3) is 6.03. The Morgan fingerprint density at radius 2 is 1.11 bits per heavy atom. The summed E-state index contributed by atoms with van der Waals surface area (Å²) in [5.41, 5.74) is 12.9. The first-order valence-electron chi connectivity index (χ1n) is 23.7. The summed E-state index contributed by atoms with van der Waals surface area (Å²) in [5.74, 6) is 0.499. The molecule has 0 aliphatic heterocycles. The van der Waals surface area contributed by atoms with Gasteiger partial charge in [-0.2, -0.15) is 0 Å². The van der Waals surface area contributed by atoms with Crippen molar-refractivity contribution >= 4 is 55.6 Å². The Balaban J connectivity index is 1.02. The van der Waals surface area contributed by atoms with Gasteiger partial charge in [0.05, 0.1) is 29.4 Å². The summed E-state index contributed by atoms with van der Waals surface area (Å²) in [6, 6.07) is 60.2. The first kappa shape index (κ1) is 31.0. The number of anilines is 3. The van der Waals surface area contributed by atoms with Gasteiger partial charge < -0.3 is 9.47 Å². The van der Waals surface area contributed by atoms with E-state index in [4.69, 9.17) is 6.85 Å². The molecule has 0 fully saturated rings. The molecule has 2 aliphatic carbocycles. The highest BCUT2D eigenvalue weighted by Gasteiger charge is 2.31. The van der Waals surface area contributed by atoms with E-state index in [2.05, 4.69) is 179 Å². The second-order valence-corrected chi connectivity index (χ2v) is 16.1. The zero-order valence-corrected chi connectivity index (χ0v) is 33.8. The second-order valence-electron chi connectivity index (χ2n) is 16.1. The van der Waals surface area contributed by atoms with E-state index < -0.39 is 6.04 Å². The lowest BCUT2D eigenvalue weighted by Gasteiger charge is -2.27. The molecule has 0 saturated heterocycles. The summed E-state index contributed by atoms with van der Waals surface area (Å²) in [5, 5.41) is 5.85. The molecule has 292 valence electrons. The molecule has 0 spiro atoms. The number of aromatic nitrogens is 1. The second kappa shape index (κ2) is 15.0. The number of allylic oxidation sites excluding steroid dienone is 5. The van der Waals surface area contributed by atoms with Crippen LogP contribution in [0.15, 0.2) is 237 Å². The van der Waals surface area contributed by atoms with E-state index in [0.717, 1.165) is 50.1 Å². The molecule has 0 amide bonds. The zero-order valence-electron chi connectivity index (χ0n) is 38.8. The van der Waals surface area contributed by atoms with E-state index in [-0.39, 0.29) is 41.6 Å². The van der Waals surface area contributed by atoms with Crippen LogP contribution in [0.25, 0.3) is 77.6 Å². The summed E-state index contributed by atoms with van der Waals surface area (Å²) >= 11 is 0. The van der Waals surface area contributed by atoms with E-state index >= 15 is 0 Å². The normalized spacial score (nSPS) is 16.4. The van der Waals surface area contributed by atoms with Crippen molar-refractivity contribution < 1.29 is 6.85 Å². The minimum atomic E-state index is -0.404. The van der Waals surface area contributed by atoms with Gasteiger partial charge in [0, 0.05) is 39.4 Å². The van der Waals surface area contributed by atoms with Crippen molar-refractivity contribution in [2.24, 2.45) is 5.92 Å². The Labute approximate surface area is 369 Å². The molecular formula is C60H42N2. The quantitative estimate of drug-likeness (QED) is 0.156. The summed E-state index contributed by atoms with van der Waals surface area (Å²) in [7, 11) is 0. The monoisotopic (exact) mass is 795 g/mol. The van der Waals surface area contributed by atoms with Gasteiger partial charge in [-0.05, 0) is 104 Å². The van der Waals surface area contributed by atoms with Crippen molar-refractivity contribution in [3.8, 4) is 39.1 Å². The lowest BCUT2D eigenvalue weighted by atomic mass is 9.78. The molecule has 62 heavy (non-hydrogen) atoms. The van der Waals surface area contributed by atoms with Gasteiger partial charge in [-0.15, -0.1) is 0 Å². The van der Waals surface area contributed by atoms with Crippen LogP contribution in [0.1, 0.15) is 24.0 Å². The van der Waals surface area contributed by atoms with Crippen molar-refractivity contribution in [2.45, 2.75) is 5.92 Å². The molecule has 2 heteroatoms. The third-order valence-corrected chi connectivity index (χ3v) is 12.6. The highest BCUT2D eigenvalue weighted by atomic mass is 15.1. The Bertz CT molecular complexity index is 3660. The molecule has 1 heterocycles. The minimum Gasteiger partial charge on any atom is -0.310 e. The molecule has 0 saturated carbocycles. The van der Waals surface area contributed by atoms with Crippen LogP contribution in [0.4, 0.5) is 17.1 Å². The fraction of sp³-hybridized carbons (Fsp3) is 0.0333. The SMILES string of the molecule is [2H]c1c([2H])c([2H])c(-c2ccc(N(c3ccc(-c4ccccc4)cc3)c3cccc4c(-c5ccc6c(c5)c5c(n6-c6cccc7ccccc67)C=CC6C=CC=CC56)cccc34)cc2)c([2H])c1[2H]. The molecule has 2 unspecified atom stereocenters. The van der Waals surface area contributed by atoms with Crippen molar-refractivity contribution in [3.05, 3.63) is 248 Å². The minimum absolute atomic E-state index is 0.180. The predicted octanol–water partition coefficient (Wildman–Crippen LogP) is 16.3. The van der Waals surface area contributed by atoms with Crippen LogP contribution in [0.2, 0.25) is 0 Å². The number of rotatable bonds is 7. The first-order chi connectivity index (χ1) is 32.8. The zero-order chi connectivity index (χ0) is 45.3. The van der Waals surface area contributed by atoms with Gasteiger partial charge in [0.2, 0.25) is 0 Å². The van der Waals surface area contributed by atoms with Crippen molar-refractivity contribution in [3.63, 3.8) is 0 Å². The Kier molecular flexibility index (Phi) is 7.48. The lowest BCUT2D eigenvalue weighted by molar-refractivity contribution is 0.693. The first-order valence-corrected chi connectivity index (χ1v) is 21.2. The maximum atomic E-state index is 8.66. The molecule has 1 aromatic heterocycles. The molecule has 9 aromatic carbocycles. The maximum Gasteiger partial charge on any atom is 0.0629 e. The average molecular weight is 796 g/mol. The van der Waals surface area contributed by atoms with Crippen LogP contribution < -0.4 is 4.90 Å². The summed E-state index contributed by atoms with van der Waals surface area (Å²) in [4.78, 5) is 2.24. The molecule has 0 bridgehead atoms. The van der Waals surface area contributed by atoms with Crippen LogP contribution in [0.5, 0.6) is 0 Å². The number of benzene rings is 9. The molecule has 2 nitrogen and oxygen atoms in total. The van der Waals surface area contributed by atoms with Gasteiger partial charge in [-0.3, -0.25) is 0 Å². The van der Waals surface area contributed by atoms with E-state index in [1.165, 1.54) is 38.6 Å². The van der Waals surface area contributed by atoms with Crippen LogP contribution in [-0.4, -0.2) is 4.57 Å². The Morgan fingerprint density at radius 1 is 0.468 bits per heavy atom. The van der Waals surface area contributed by atoms with Crippen LogP contribution in [-0.2, 0) is 0 Å². The van der Waals surface area contributed by atoms with Gasteiger partial charge in [0.15, 0.2) is 0 Å². The van der Waals surface area contributed by atoms with Gasteiger partial charge in [0.25, 0.3) is 0 Å². The average Bonchev–Trinajstić information content (AvgIpc) is 3.72. The summed E-state index contributed by atoms with van der Waals surface area (Å²) < 4.78 is 44.5. The highest BCUT2D eigenvalue weighted by molar-refractivity contribution is 6.07. The van der Waals surface area contributed by atoms with Crippen LogP contribution in [0.3, 0.4) is 0 Å². The molecule has 0 N–H and O–H groups in total. The number of hydrogen-bond donors (Lipinski definition) is 0. The molecule has 0 radical (unpaired) electrons. The largest absolute Gasteiger partial charge is 0.310 e. The number of nitrogens with zero attached hydrogens (tertiary/aromatic N) is 2. The van der Waals surface area contributed by atoms with Gasteiger partial charge >= 0.3 is 0 Å². The molecule has 2 aliphatic rings. The van der Waals surface area contributed by atoms with Crippen LogP contribution >= 0.6 is 0 Å². The molecular weight excluding hydrogens is 749 g/mol. The van der Waals surface area contributed by atoms with E-state index in [9.17, 15) is 0 Å². The van der Waals surface area contributed by atoms with Crippen molar-refractivity contribution in [1.82, 2.24) is 4.57 Å². The van der Waals surface area contributed by atoms with E-state index in [0.29, 0.717) is 5.56 Å². The molecule has 2 atom stereocenters. The van der Waals surface area contributed by atoms with E-state index in [1.54, 1.807) is 0 Å².